The van der Waals surface area contributed by atoms with Gasteiger partial charge in [0.05, 0.1) is 18.8 Å². The van der Waals surface area contributed by atoms with E-state index in [0.717, 1.165) is 42.7 Å². The Morgan fingerprint density at radius 2 is 1.96 bits per heavy atom. The summed E-state index contributed by atoms with van der Waals surface area (Å²) in [5, 5.41) is 10.8. The van der Waals surface area contributed by atoms with Gasteiger partial charge in [-0.25, -0.2) is 9.98 Å². The molecule has 2 heterocycles. The van der Waals surface area contributed by atoms with E-state index >= 15 is 0 Å². The number of nitrogens with zero attached hydrogens (tertiary/aromatic N) is 5. The van der Waals surface area contributed by atoms with E-state index in [1.807, 2.05) is 24.0 Å². The quantitative estimate of drug-likeness (QED) is 0.566. The normalized spacial score (nSPS) is 11.4. The van der Waals surface area contributed by atoms with Crippen LogP contribution in [0.2, 0.25) is 0 Å². The van der Waals surface area contributed by atoms with Gasteiger partial charge in [-0.1, -0.05) is 6.07 Å². The molecule has 7 nitrogen and oxygen atoms in total. The van der Waals surface area contributed by atoms with Crippen LogP contribution in [0.5, 0.6) is 0 Å². The molecule has 0 amide bonds. The molecule has 2 aromatic rings. The van der Waals surface area contributed by atoms with Crippen molar-refractivity contribution in [2.75, 3.05) is 24.5 Å². The SMILES string of the molecule is CCNC(=NCc1ccc(N(CC)CC)nc1)NCc1ccnn1C. The third kappa shape index (κ3) is 5.48. The van der Waals surface area contributed by atoms with Gasteiger partial charge in [-0.15, -0.1) is 0 Å². The molecule has 0 aliphatic heterocycles. The number of nitrogens with one attached hydrogen (secondary N) is 2. The lowest BCUT2D eigenvalue weighted by molar-refractivity contribution is 0.685. The van der Waals surface area contributed by atoms with E-state index in [1.54, 1.807) is 6.20 Å². The average Bonchev–Trinajstić information content (AvgIpc) is 3.04. The second kappa shape index (κ2) is 9.66. The van der Waals surface area contributed by atoms with Crippen molar-refractivity contribution in [3.8, 4) is 0 Å². The number of pyridine rings is 1. The molecule has 0 radical (unpaired) electrons. The molecule has 0 unspecified atom stereocenters. The smallest absolute Gasteiger partial charge is 0.191 e. The number of hydrogen-bond donors (Lipinski definition) is 2. The maximum absolute atomic E-state index is 4.64. The number of guanidine groups is 1. The second-order valence-corrected chi connectivity index (χ2v) is 5.69. The third-order valence-electron chi connectivity index (χ3n) is 4.02. The van der Waals surface area contributed by atoms with Crippen LogP contribution < -0.4 is 15.5 Å². The Labute approximate surface area is 150 Å². The standard InChI is InChI=1S/C18H29N7/c1-5-19-18(22-14-16-10-11-23-24(16)4)21-13-15-8-9-17(20-12-15)25(6-2)7-3/h8-12H,5-7,13-14H2,1-4H3,(H2,19,21,22). The largest absolute Gasteiger partial charge is 0.357 e. The molecule has 0 aliphatic rings. The van der Waals surface area contributed by atoms with E-state index in [2.05, 4.69) is 63.5 Å². The number of rotatable bonds is 8. The number of aryl methyl sites for hydroxylation is 1. The molecule has 0 bridgehead atoms. The van der Waals surface area contributed by atoms with Crippen LogP contribution >= 0.6 is 0 Å². The Kier molecular flexibility index (Phi) is 7.25. The Morgan fingerprint density at radius 3 is 2.52 bits per heavy atom. The third-order valence-corrected chi connectivity index (χ3v) is 4.02. The zero-order chi connectivity index (χ0) is 18.1. The monoisotopic (exact) mass is 343 g/mol. The Balaban J connectivity index is 1.96. The van der Waals surface area contributed by atoms with Crippen LogP contribution in [0, 0.1) is 0 Å². The van der Waals surface area contributed by atoms with Gasteiger partial charge in [0.15, 0.2) is 5.96 Å². The summed E-state index contributed by atoms with van der Waals surface area (Å²) in [6, 6.07) is 6.15. The highest BCUT2D eigenvalue weighted by Crippen LogP contribution is 2.11. The summed E-state index contributed by atoms with van der Waals surface area (Å²) >= 11 is 0. The Hall–Kier alpha value is -2.57. The van der Waals surface area contributed by atoms with Crippen molar-refractivity contribution in [1.29, 1.82) is 0 Å². The van der Waals surface area contributed by atoms with Crippen molar-refractivity contribution >= 4 is 11.8 Å². The highest BCUT2D eigenvalue weighted by molar-refractivity contribution is 5.79. The van der Waals surface area contributed by atoms with Gasteiger partial charge in [0, 0.05) is 39.1 Å². The number of aromatic nitrogens is 3. The average molecular weight is 343 g/mol. The van der Waals surface area contributed by atoms with Crippen LogP contribution in [0.25, 0.3) is 0 Å². The van der Waals surface area contributed by atoms with E-state index in [1.165, 1.54) is 0 Å². The molecule has 2 N–H and O–H groups in total. The summed E-state index contributed by atoms with van der Waals surface area (Å²) in [5.74, 6) is 1.80. The highest BCUT2D eigenvalue weighted by Gasteiger charge is 2.04. The predicted octanol–water partition coefficient (Wildman–Crippen LogP) is 1.92. The van der Waals surface area contributed by atoms with Crippen molar-refractivity contribution in [2.45, 2.75) is 33.9 Å². The first-order valence-corrected chi connectivity index (χ1v) is 8.86. The molecule has 0 atom stereocenters. The molecule has 2 aromatic heterocycles. The van der Waals surface area contributed by atoms with Crippen molar-refractivity contribution in [3.05, 3.63) is 41.9 Å². The zero-order valence-electron chi connectivity index (χ0n) is 15.7. The lowest BCUT2D eigenvalue weighted by Crippen LogP contribution is -2.37. The minimum absolute atomic E-state index is 0.590. The zero-order valence-corrected chi connectivity index (χ0v) is 15.7. The predicted molar refractivity (Wildman–Crippen MR) is 103 cm³/mol. The maximum atomic E-state index is 4.64. The highest BCUT2D eigenvalue weighted by atomic mass is 15.3. The summed E-state index contributed by atoms with van der Waals surface area (Å²) in [7, 11) is 1.93. The molecule has 25 heavy (non-hydrogen) atoms. The van der Waals surface area contributed by atoms with Gasteiger partial charge in [-0.2, -0.15) is 5.10 Å². The van der Waals surface area contributed by atoms with Crippen molar-refractivity contribution in [2.24, 2.45) is 12.0 Å². The summed E-state index contributed by atoms with van der Waals surface area (Å²) in [5.41, 5.74) is 2.20. The topological polar surface area (TPSA) is 70.4 Å². The van der Waals surface area contributed by atoms with Gasteiger partial charge in [0.2, 0.25) is 0 Å². The fourth-order valence-corrected chi connectivity index (χ4v) is 2.51. The van der Waals surface area contributed by atoms with Gasteiger partial charge in [0.25, 0.3) is 0 Å². The van der Waals surface area contributed by atoms with Crippen LogP contribution in [0.15, 0.2) is 35.6 Å². The van der Waals surface area contributed by atoms with Gasteiger partial charge >= 0.3 is 0 Å². The van der Waals surface area contributed by atoms with Gasteiger partial charge in [-0.05, 0) is 38.5 Å². The molecule has 0 aromatic carbocycles. The molecule has 0 fully saturated rings. The van der Waals surface area contributed by atoms with Crippen LogP contribution in [0.4, 0.5) is 5.82 Å². The van der Waals surface area contributed by atoms with E-state index in [9.17, 15) is 0 Å². The number of anilines is 1. The Morgan fingerprint density at radius 1 is 1.16 bits per heavy atom. The van der Waals surface area contributed by atoms with Crippen molar-refractivity contribution in [1.82, 2.24) is 25.4 Å². The van der Waals surface area contributed by atoms with Crippen molar-refractivity contribution < 1.29 is 0 Å². The summed E-state index contributed by atoms with van der Waals surface area (Å²) in [6.07, 6.45) is 3.70. The molecular weight excluding hydrogens is 314 g/mol. The van der Waals surface area contributed by atoms with Crippen LogP contribution in [-0.2, 0) is 20.1 Å². The fraction of sp³-hybridized carbons (Fsp3) is 0.500. The minimum atomic E-state index is 0.590. The number of hydrogen-bond acceptors (Lipinski definition) is 4. The fourth-order valence-electron chi connectivity index (χ4n) is 2.51. The summed E-state index contributed by atoms with van der Waals surface area (Å²) in [6.45, 7) is 10.3. The van der Waals surface area contributed by atoms with E-state index in [-0.39, 0.29) is 0 Å². The molecular formula is C18H29N7. The summed E-state index contributed by atoms with van der Waals surface area (Å²) < 4.78 is 1.85. The van der Waals surface area contributed by atoms with Crippen LogP contribution in [-0.4, -0.2) is 40.4 Å². The molecule has 136 valence electrons. The Bertz CT molecular complexity index is 656. The van der Waals surface area contributed by atoms with Gasteiger partial charge in [-0.3, -0.25) is 4.68 Å². The molecule has 2 rings (SSSR count). The maximum Gasteiger partial charge on any atom is 0.191 e. The van der Waals surface area contributed by atoms with E-state index < -0.39 is 0 Å². The summed E-state index contributed by atoms with van der Waals surface area (Å²) in [4.78, 5) is 11.4. The lowest BCUT2D eigenvalue weighted by Gasteiger charge is -2.19. The molecule has 0 aliphatic carbocycles. The molecule has 7 heteroatoms. The molecule has 0 saturated heterocycles. The van der Waals surface area contributed by atoms with Gasteiger partial charge in [0.1, 0.15) is 5.82 Å². The van der Waals surface area contributed by atoms with Crippen molar-refractivity contribution in [3.63, 3.8) is 0 Å². The lowest BCUT2D eigenvalue weighted by atomic mass is 10.3. The molecule has 0 saturated carbocycles. The minimum Gasteiger partial charge on any atom is -0.357 e. The second-order valence-electron chi connectivity index (χ2n) is 5.69. The first-order valence-electron chi connectivity index (χ1n) is 8.86. The van der Waals surface area contributed by atoms with E-state index in [0.29, 0.717) is 13.1 Å². The molecule has 0 spiro atoms. The van der Waals surface area contributed by atoms with Crippen LogP contribution in [0.3, 0.4) is 0 Å². The number of aliphatic imine (C=N–C) groups is 1. The first kappa shape index (κ1) is 18.8. The van der Waals surface area contributed by atoms with E-state index in [4.69, 9.17) is 0 Å². The first-order chi connectivity index (χ1) is 12.2. The van der Waals surface area contributed by atoms with Gasteiger partial charge < -0.3 is 15.5 Å². The van der Waals surface area contributed by atoms with Crippen LogP contribution in [0.1, 0.15) is 32.0 Å².